The van der Waals surface area contributed by atoms with Gasteiger partial charge in [0.25, 0.3) is 0 Å². The van der Waals surface area contributed by atoms with Crippen LogP contribution < -0.4 is 11.1 Å². The smallest absolute Gasteiger partial charge is 0.202 e. The fraction of sp³-hybridized carbons (Fsp3) is 0.429. The molecular formula is C14H19FN4S. The minimum atomic E-state index is -0.217. The number of anilines is 1. The molecule has 1 atom stereocenters. The Morgan fingerprint density at radius 3 is 2.95 bits per heavy atom. The lowest BCUT2D eigenvalue weighted by Crippen LogP contribution is -2.22. The molecule has 1 aromatic carbocycles. The van der Waals surface area contributed by atoms with Crippen molar-refractivity contribution in [2.24, 2.45) is 5.73 Å². The molecule has 0 amide bonds. The summed E-state index contributed by atoms with van der Waals surface area (Å²) in [6.07, 6.45) is 2.29. The quantitative estimate of drug-likeness (QED) is 0.824. The molecule has 1 aromatic heterocycles. The van der Waals surface area contributed by atoms with E-state index in [0.29, 0.717) is 17.8 Å². The second-order valence-electron chi connectivity index (χ2n) is 4.67. The second kappa shape index (κ2) is 7.31. The van der Waals surface area contributed by atoms with Crippen LogP contribution in [0.3, 0.4) is 0 Å². The van der Waals surface area contributed by atoms with E-state index in [1.54, 1.807) is 12.1 Å². The van der Waals surface area contributed by atoms with Crippen molar-refractivity contribution in [2.45, 2.75) is 32.2 Å². The Balaban J connectivity index is 1.88. The number of aromatic nitrogens is 2. The van der Waals surface area contributed by atoms with Crippen LogP contribution in [0.25, 0.3) is 0 Å². The third-order valence-corrected chi connectivity index (χ3v) is 3.80. The van der Waals surface area contributed by atoms with Crippen LogP contribution in [-0.4, -0.2) is 21.9 Å². The lowest BCUT2D eigenvalue weighted by atomic mass is 10.1. The van der Waals surface area contributed by atoms with Gasteiger partial charge in [-0.1, -0.05) is 25.1 Å². The van der Waals surface area contributed by atoms with E-state index in [4.69, 9.17) is 5.73 Å². The lowest BCUT2D eigenvalue weighted by Gasteiger charge is -2.07. The van der Waals surface area contributed by atoms with E-state index < -0.39 is 0 Å². The van der Waals surface area contributed by atoms with Crippen LogP contribution in [0, 0.1) is 5.82 Å². The first-order chi connectivity index (χ1) is 9.69. The summed E-state index contributed by atoms with van der Waals surface area (Å²) in [7, 11) is 0. The number of hydrogen-bond donors (Lipinski definition) is 2. The van der Waals surface area contributed by atoms with E-state index in [0.717, 1.165) is 24.5 Å². The van der Waals surface area contributed by atoms with Crippen molar-refractivity contribution >= 4 is 16.7 Å². The molecule has 6 heteroatoms. The Hall–Kier alpha value is -1.53. The third-order valence-electron chi connectivity index (χ3n) is 3.09. The molecule has 0 aliphatic carbocycles. The molecule has 3 N–H and O–H groups in total. The summed E-state index contributed by atoms with van der Waals surface area (Å²) in [6, 6.07) is 6.91. The number of nitrogens with two attached hydrogens (primary N) is 1. The van der Waals surface area contributed by atoms with Gasteiger partial charge in [0.1, 0.15) is 11.6 Å². The highest BCUT2D eigenvalue weighted by molar-refractivity contribution is 7.09. The first kappa shape index (κ1) is 14.9. The lowest BCUT2D eigenvalue weighted by molar-refractivity contribution is 0.611. The number of nitrogens with one attached hydrogen (secondary N) is 1. The molecule has 0 aliphatic heterocycles. The molecule has 108 valence electrons. The van der Waals surface area contributed by atoms with E-state index in [1.165, 1.54) is 17.6 Å². The maximum absolute atomic E-state index is 13.5. The van der Waals surface area contributed by atoms with Crippen molar-refractivity contribution in [2.75, 3.05) is 11.9 Å². The van der Waals surface area contributed by atoms with Gasteiger partial charge in [0.15, 0.2) is 0 Å². The molecule has 0 fully saturated rings. The van der Waals surface area contributed by atoms with E-state index in [-0.39, 0.29) is 11.9 Å². The molecule has 0 spiro atoms. The van der Waals surface area contributed by atoms with Gasteiger partial charge in [-0.3, -0.25) is 0 Å². The SMILES string of the molecule is CCC(N)CCNc1nc(Cc2ccccc2F)ns1. The number of rotatable bonds is 7. The van der Waals surface area contributed by atoms with Gasteiger partial charge in [0, 0.05) is 30.5 Å². The largest absolute Gasteiger partial charge is 0.360 e. The van der Waals surface area contributed by atoms with Crippen molar-refractivity contribution < 1.29 is 4.39 Å². The van der Waals surface area contributed by atoms with E-state index >= 15 is 0 Å². The van der Waals surface area contributed by atoms with Crippen molar-refractivity contribution in [3.63, 3.8) is 0 Å². The summed E-state index contributed by atoms with van der Waals surface area (Å²) in [5.41, 5.74) is 6.46. The molecule has 1 heterocycles. The third kappa shape index (κ3) is 4.25. The summed E-state index contributed by atoms with van der Waals surface area (Å²) in [4.78, 5) is 4.36. The van der Waals surface area contributed by atoms with E-state index in [9.17, 15) is 4.39 Å². The van der Waals surface area contributed by atoms with E-state index in [2.05, 4.69) is 21.6 Å². The molecule has 0 aliphatic rings. The van der Waals surface area contributed by atoms with Gasteiger partial charge < -0.3 is 11.1 Å². The summed E-state index contributed by atoms with van der Waals surface area (Å²) >= 11 is 1.30. The van der Waals surface area contributed by atoms with Crippen molar-refractivity contribution in [1.82, 2.24) is 9.36 Å². The molecule has 0 bridgehead atoms. The van der Waals surface area contributed by atoms with Gasteiger partial charge in [-0.25, -0.2) is 9.37 Å². The van der Waals surface area contributed by atoms with Gasteiger partial charge in [-0.15, -0.1) is 0 Å². The molecule has 2 rings (SSSR count). The van der Waals surface area contributed by atoms with Crippen LogP contribution in [0.5, 0.6) is 0 Å². The van der Waals surface area contributed by atoms with Gasteiger partial charge >= 0.3 is 0 Å². The summed E-state index contributed by atoms with van der Waals surface area (Å²) < 4.78 is 17.8. The zero-order valence-corrected chi connectivity index (χ0v) is 12.3. The predicted octanol–water partition coefficient (Wildman–Crippen LogP) is 2.81. The van der Waals surface area contributed by atoms with Crippen LogP contribution in [0.15, 0.2) is 24.3 Å². The van der Waals surface area contributed by atoms with Crippen LogP contribution in [0.2, 0.25) is 0 Å². The monoisotopic (exact) mass is 294 g/mol. The first-order valence-corrected chi connectivity index (χ1v) is 7.51. The molecular weight excluding hydrogens is 275 g/mol. The van der Waals surface area contributed by atoms with Gasteiger partial charge in [0.05, 0.1) is 0 Å². The summed E-state index contributed by atoms with van der Waals surface area (Å²) in [6.45, 7) is 2.85. The average Bonchev–Trinajstić information content (AvgIpc) is 2.89. The fourth-order valence-corrected chi connectivity index (χ4v) is 2.39. The topological polar surface area (TPSA) is 63.8 Å². The highest BCUT2D eigenvalue weighted by Gasteiger charge is 2.08. The number of nitrogens with zero attached hydrogens (tertiary/aromatic N) is 2. The Morgan fingerprint density at radius 2 is 2.20 bits per heavy atom. The van der Waals surface area contributed by atoms with Crippen molar-refractivity contribution in [3.8, 4) is 0 Å². The molecule has 4 nitrogen and oxygen atoms in total. The molecule has 1 unspecified atom stereocenters. The first-order valence-electron chi connectivity index (χ1n) is 6.74. The molecule has 0 radical (unpaired) electrons. The van der Waals surface area contributed by atoms with Gasteiger partial charge in [-0.05, 0) is 24.5 Å². The highest BCUT2D eigenvalue weighted by atomic mass is 32.1. The number of halogens is 1. The second-order valence-corrected chi connectivity index (χ2v) is 5.42. The Kier molecular flexibility index (Phi) is 5.43. The molecule has 20 heavy (non-hydrogen) atoms. The highest BCUT2D eigenvalue weighted by Crippen LogP contribution is 2.16. The van der Waals surface area contributed by atoms with Crippen LogP contribution in [0.4, 0.5) is 9.52 Å². The normalized spacial score (nSPS) is 12.3. The van der Waals surface area contributed by atoms with Crippen molar-refractivity contribution in [3.05, 3.63) is 41.5 Å². The van der Waals surface area contributed by atoms with Crippen LogP contribution in [0.1, 0.15) is 31.2 Å². The van der Waals surface area contributed by atoms with Gasteiger partial charge in [0.2, 0.25) is 5.13 Å². The average molecular weight is 294 g/mol. The summed E-state index contributed by atoms with van der Waals surface area (Å²) in [5.74, 6) is 0.424. The zero-order chi connectivity index (χ0) is 14.4. The molecule has 2 aromatic rings. The zero-order valence-electron chi connectivity index (χ0n) is 11.5. The maximum atomic E-state index is 13.5. The Bertz CT molecular complexity index is 543. The standard InChI is InChI=1S/C14H19FN4S/c1-2-11(16)7-8-17-14-18-13(19-20-14)9-10-5-3-4-6-12(10)15/h3-6,11H,2,7-9,16H2,1H3,(H,17,18,19). The summed E-state index contributed by atoms with van der Waals surface area (Å²) in [5, 5.41) is 3.97. The maximum Gasteiger partial charge on any atom is 0.202 e. The van der Waals surface area contributed by atoms with Crippen molar-refractivity contribution in [1.29, 1.82) is 0 Å². The minimum absolute atomic E-state index is 0.216. The van der Waals surface area contributed by atoms with Gasteiger partial charge in [-0.2, -0.15) is 4.37 Å². The predicted molar refractivity (Wildman–Crippen MR) is 80.5 cm³/mol. The molecule has 0 saturated heterocycles. The minimum Gasteiger partial charge on any atom is -0.360 e. The van der Waals surface area contributed by atoms with Crippen LogP contribution in [-0.2, 0) is 6.42 Å². The van der Waals surface area contributed by atoms with E-state index in [1.807, 2.05) is 6.07 Å². The molecule has 0 saturated carbocycles. The van der Waals surface area contributed by atoms with Crippen LogP contribution >= 0.6 is 11.5 Å². The fourth-order valence-electron chi connectivity index (χ4n) is 1.78. The Labute approximate surface area is 122 Å². The number of benzene rings is 1. The number of hydrogen-bond acceptors (Lipinski definition) is 5. The Morgan fingerprint density at radius 1 is 1.40 bits per heavy atom.